The van der Waals surface area contributed by atoms with E-state index in [0.717, 1.165) is 42.5 Å². The third kappa shape index (κ3) is 6.70. The first kappa shape index (κ1) is 30.2. The second-order valence-electron chi connectivity index (χ2n) is 11.1. The first-order valence-electron chi connectivity index (χ1n) is 14.6. The topological polar surface area (TPSA) is 157 Å². The van der Waals surface area contributed by atoms with Crippen molar-refractivity contribution in [1.29, 1.82) is 0 Å². The summed E-state index contributed by atoms with van der Waals surface area (Å²) in [6, 6.07) is 6.47. The molecule has 2 fully saturated rings. The highest BCUT2D eigenvalue weighted by atomic mass is 16.5. The van der Waals surface area contributed by atoms with Gasteiger partial charge >= 0.3 is 12.2 Å². The summed E-state index contributed by atoms with van der Waals surface area (Å²) in [5.41, 5.74) is 3.12. The van der Waals surface area contributed by atoms with Gasteiger partial charge in [-0.2, -0.15) is 0 Å². The zero-order valence-corrected chi connectivity index (χ0v) is 24.9. The first-order valence-corrected chi connectivity index (χ1v) is 14.6. The van der Waals surface area contributed by atoms with Crippen LogP contribution < -0.4 is 5.32 Å². The van der Waals surface area contributed by atoms with Gasteiger partial charge in [-0.1, -0.05) is 31.9 Å². The molecular formula is C32H35N7O5. The normalized spacial score (nSPS) is 18.3. The fraction of sp³-hybridized carbons (Fsp3) is 0.406. The quantitative estimate of drug-likeness (QED) is 0.312. The number of H-pyrrole nitrogens is 2. The fourth-order valence-corrected chi connectivity index (χ4v) is 5.63. The number of ether oxygens (including phenoxy) is 1. The van der Waals surface area contributed by atoms with E-state index >= 15 is 0 Å². The average molecular weight is 598 g/mol. The summed E-state index contributed by atoms with van der Waals surface area (Å²) < 4.78 is 4.70. The summed E-state index contributed by atoms with van der Waals surface area (Å²) in [6.45, 7) is 4.85. The number of nitrogens with one attached hydrogen (secondary N) is 3. The zero-order valence-electron chi connectivity index (χ0n) is 24.9. The molecule has 2 aromatic heterocycles. The number of aromatic amines is 2. The van der Waals surface area contributed by atoms with Crippen molar-refractivity contribution in [2.75, 3.05) is 20.2 Å². The molecule has 44 heavy (non-hydrogen) atoms. The number of rotatable bonds is 6. The van der Waals surface area contributed by atoms with Crippen molar-refractivity contribution in [3.8, 4) is 34.9 Å². The standard InChI is InChI=1S/C32H35N7O5/c1-20(2)27(37-31(41)44-3)30(40)38-16-6-10-25(38)28-33-18-23(35-28)9-5-4-8-21-12-14-22(15-13-21)24-19-34-29(36-24)26-11-7-17-39(26)32(42)43/h12-15,18-20,25-27H,6-7,10-11,16-17H2,1-3H3,(H,33,35)(H,34,36)(H,37,41)(H,42,43)/t25-,26?,27-/m0/s1. The Bertz CT molecular complexity index is 1640. The van der Waals surface area contributed by atoms with Crippen molar-refractivity contribution in [2.45, 2.75) is 57.7 Å². The summed E-state index contributed by atoms with van der Waals surface area (Å²) in [7, 11) is 1.27. The van der Waals surface area contributed by atoms with Crippen LogP contribution in [-0.2, 0) is 9.53 Å². The number of methoxy groups -OCH3 is 1. The number of benzene rings is 1. The molecule has 3 aromatic rings. The number of carboxylic acid groups (broad SMARTS) is 1. The van der Waals surface area contributed by atoms with Gasteiger partial charge in [-0.25, -0.2) is 19.6 Å². The van der Waals surface area contributed by atoms with Crippen LogP contribution in [0.15, 0.2) is 36.7 Å². The lowest BCUT2D eigenvalue weighted by atomic mass is 10.0. The van der Waals surface area contributed by atoms with E-state index in [1.165, 1.54) is 12.0 Å². The number of imidazole rings is 2. The second kappa shape index (κ2) is 13.4. The molecule has 228 valence electrons. The van der Waals surface area contributed by atoms with Gasteiger partial charge in [0, 0.05) is 18.7 Å². The minimum absolute atomic E-state index is 0.109. The van der Waals surface area contributed by atoms with Crippen LogP contribution in [0.1, 0.15) is 74.5 Å². The molecule has 2 aliphatic rings. The van der Waals surface area contributed by atoms with Crippen LogP contribution in [0.2, 0.25) is 0 Å². The van der Waals surface area contributed by atoms with E-state index in [-0.39, 0.29) is 23.9 Å². The molecular weight excluding hydrogens is 562 g/mol. The van der Waals surface area contributed by atoms with Crippen molar-refractivity contribution in [2.24, 2.45) is 5.92 Å². The van der Waals surface area contributed by atoms with Crippen LogP contribution in [0.4, 0.5) is 9.59 Å². The molecule has 0 spiro atoms. The molecule has 3 amide bonds. The molecule has 5 rings (SSSR count). The molecule has 12 heteroatoms. The second-order valence-corrected chi connectivity index (χ2v) is 11.1. The van der Waals surface area contributed by atoms with Gasteiger partial charge in [0.05, 0.1) is 37.3 Å². The number of nitrogens with zero attached hydrogens (tertiary/aromatic N) is 4. The van der Waals surface area contributed by atoms with Gasteiger partial charge < -0.3 is 30.0 Å². The number of likely N-dealkylation sites (tertiary alicyclic amines) is 2. The maximum atomic E-state index is 13.3. The van der Waals surface area contributed by atoms with E-state index in [2.05, 4.69) is 48.9 Å². The minimum Gasteiger partial charge on any atom is -0.465 e. The zero-order chi connectivity index (χ0) is 31.2. The molecule has 0 radical (unpaired) electrons. The van der Waals surface area contributed by atoms with E-state index < -0.39 is 18.2 Å². The summed E-state index contributed by atoms with van der Waals surface area (Å²) in [5, 5.41) is 12.1. The van der Waals surface area contributed by atoms with E-state index in [1.54, 1.807) is 17.3 Å². The predicted molar refractivity (Wildman–Crippen MR) is 161 cm³/mol. The number of amides is 3. The maximum absolute atomic E-state index is 13.3. The van der Waals surface area contributed by atoms with Crippen molar-refractivity contribution >= 4 is 18.1 Å². The summed E-state index contributed by atoms with van der Waals surface area (Å²) in [4.78, 5) is 55.1. The van der Waals surface area contributed by atoms with Gasteiger partial charge in [-0.05, 0) is 67.1 Å². The van der Waals surface area contributed by atoms with E-state index in [0.29, 0.717) is 30.4 Å². The van der Waals surface area contributed by atoms with Crippen molar-refractivity contribution < 1.29 is 24.2 Å². The molecule has 0 aliphatic carbocycles. The van der Waals surface area contributed by atoms with Crippen molar-refractivity contribution in [3.05, 3.63) is 59.6 Å². The largest absolute Gasteiger partial charge is 0.465 e. The van der Waals surface area contributed by atoms with Gasteiger partial charge in [0.1, 0.15) is 23.4 Å². The Balaban J connectivity index is 1.20. The highest BCUT2D eigenvalue weighted by Gasteiger charge is 2.37. The number of hydrogen-bond donors (Lipinski definition) is 4. The maximum Gasteiger partial charge on any atom is 0.407 e. The van der Waals surface area contributed by atoms with Crippen LogP contribution in [0.25, 0.3) is 11.3 Å². The van der Waals surface area contributed by atoms with E-state index in [1.807, 2.05) is 38.1 Å². The highest BCUT2D eigenvalue weighted by molar-refractivity contribution is 5.86. The molecule has 12 nitrogen and oxygen atoms in total. The van der Waals surface area contributed by atoms with Crippen LogP contribution >= 0.6 is 0 Å². The Morgan fingerprint density at radius 3 is 2.27 bits per heavy atom. The van der Waals surface area contributed by atoms with E-state index in [4.69, 9.17) is 4.74 Å². The van der Waals surface area contributed by atoms with Gasteiger partial charge in [0.25, 0.3) is 0 Å². The van der Waals surface area contributed by atoms with E-state index in [9.17, 15) is 19.5 Å². The third-order valence-electron chi connectivity index (χ3n) is 7.91. The summed E-state index contributed by atoms with van der Waals surface area (Å²) in [6.07, 6.45) is 4.95. The van der Waals surface area contributed by atoms with Crippen LogP contribution in [-0.4, -0.2) is 79.2 Å². The molecule has 2 aliphatic heterocycles. The summed E-state index contributed by atoms with van der Waals surface area (Å²) in [5.74, 6) is 12.8. The SMILES string of the molecule is COC(=O)N[C@H](C(=O)N1CCC[C@H]1c1ncc(C#CC#Cc2ccc(-c3cnc(C4CCCN4C(=O)O)[nH]3)cc2)[nH]1)C(C)C. The van der Waals surface area contributed by atoms with Crippen LogP contribution in [0.3, 0.4) is 0 Å². The molecule has 1 unspecified atom stereocenters. The highest BCUT2D eigenvalue weighted by Crippen LogP contribution is 2.32. The number of carbonyl (C=O) groups is 3. The summed E-state index contributed by atoms with van der Waals surface area (Å²) >= 11 is 0. The van der Waals surface area contributed by atoms with Crippen molar-refractivity contribution in [1.82, 2.24) is 35.1 Å². The first-order chi connectivity index (χ1) is 21.2. The minimum atomic E-state index is -0.928. The predicted octanol–water partition coefficient (Wildman–Crippen LogP) is 4.06. The Labute approximate surface area is 255 Å². The molecule has 0 saturated carbocycles. The molecule has 1 aromatic carbocycles. The lowest BCUT2D eigenvalue weighted by Gasteiger charge is -2.29. The molecule has 2 saturated heterocycles. The number of hydrogen-bond acceptors (Lipinski definition) is 6. The Hall–Kier alpha value is -5.23. The molecule has 4 heterocycles. The number of carbonyl (C=O) groups excluding carboxylic acids is 2. The van der Waals surface area contributed by atoms with Gasteiger partial charge in [0.15, 0.2) is 0 Å². The van der Waals surface area contributed by atoms with Crippen LogP contribution in [0.5, 0.6) is 0 Å². The average Bonchev–Trinajstić information content (AvgIpc) is 3.84. The number of aromatic nitrogens is 4. The smallest absolute Gasteiger partial charge is 0.407 e. The van der Waals surface area contributed by atoms with Crippen LogP contribution in [0, 0.1) is 29.6 Å². The molecule has 0 bridgehead atoms. The Kier molecular flexibility index (Phi) is 9.20. The Morgan fingerprint density at radius 1 is 0.955 bits per heavy atom. The van der Waals surface area contributed by atoms with Gasteiger partial charge in [-0.15, -0.1) is 0 Å². The fourth-order valence-electron chi connectivity index (χ4n) is 5.63. The van der Waals surface area contributed by atoms with Gasteiger partial charge in [0.2, 0.25) is 5.91 Å². The monoisotopic (exact) mass is 597 g/mol. The molecule has 3 atom stereocenters. The van der Waals surface area contributed by atoms with Crippen molar-refractivity contribution in [3.63, 3.8) is 0 Å². The molecule has 4 N–H and O–H groups in total. The van der Waals surface area contributed by atoms with Gasteiger partial charge in [-0.3, -0.25) is 9.69 Å². The lowest BCUT2D eigenvalue weighted by Crippen LogP contribution is -2.51. The lowest BCUT2D eigenvalue weighted by molar-refractivity contribution is -0.135. The Morgan fingerprint density at radius 2 is 1.59 bits per heavy atom. The number of alkyl carbamates (subject to hydrolysis) is 1. The third-order valence-corrected chi connectivity index (χ3v) is 7.91.